The second-order valence-electron chi connectivity index (χ2n) is 5.66. The van der Waals surface area contributed by atoms with Gasteiger partial charge in [-0.05, 0) is 43.3 Å². The second-order valence-corrected chi connectivity index (χ2v) is 7.43. The lowest BCUT2D eigenvalue weighted by atomic mass is 10.2. The van der Waals surface area contributed by atoms with E-state index in [-0.39, 0.29) is 5.97 Å². The zero-order valence-electron chi connectivity index (χ0n) is 15.0. The largest absolute Gasteiger partial charge is 0.462 e. The van der Waals surface area contributed by atoms with Crippen molar-refractivity contribution >= 4 is 44.5 Å². The highest BCUT2D eigenvalue weighted by Gasteiger charge is 2.09. The highest BCUT2D eigenvalue weighted by molar-refractivity contribution is 9.10. The summed E-state index contributed by atoms with van der Waals surface area (Å²) in [7, 11) is 0. The molecule has 1 N–H and O–H groups in total. The molecule has 2 aromatic carbocycles. The lowest BCUT2D eigenvalue weighted by Crippen LogP contribution is -2.04. The van der Waals surface area contributed by atoms with Crippen LogP contribution in [0, 0.1) is 11.3 Å². The van der Waals surface area contributed by atoms with Crippen LogP contribution in [-0.4, -0.2) is 17.6 Å². The highest BCUT2D eigenvalue weighted by Crippen LogP contribution is 2.27. The minimum Gasteiger partial charge on any atom is -0.462 e. The van der Waals surface area contributed by atoms with Crippen molar-refractivity contribution in [3.63, 3.8) is 0 Å². The van der Waals surface area contributed by atoms with Gasteiger partial charge in [0.25, 0.3) is 0 Å². The first-order valence-electron chi connectivity index (χ1n) is 8.46. The minimum atomic E-state index is -0.356. The molecule has 0 saturated carbocycles. The second kappa shape index (κ2) is 9.31. The number of benzene rings is 2. The standard InChI is InChI=1S/C21H16BrN3O2S/c1-2-27-21(26)15-5-9-18(10-6-15)24-12-16(11-23)20-25-19(13-28-20)14-3-7-17(22)8-4-14/h3-10,12-13,24H,2H2,1H3/b16-12-. The molecule has 0 atom stereocenters. The molecule has 5 nitrogen and oxygen atoms in total. The maximum atomic E-state index is 11.7. The zero-order chi connectivity index (χ0) is 19.9. The van der Waals surface area contributed by atoms with E-state index in [1.807, 2.05) is 29.6 Å². The molecule has 140 valence electrons. The molecule has 0 fully saturated rings. The van der Waals surface area contributed by atoms with E-state index in [1.165, 1.54) is 11.3 Å². The number of nitrogens with zero attached hydrogens (tertiary/aromatic N) is 2. The van der Waals surface area contributed by atoms with Crippen molar-refractivity contribution < 1.29 is 9.53 Å². The molecule has 28 heavy (non-hydrogen) atoms. The van der Waals surface area contributed by atoms with Gasteiger partial charge in [0.15, 0.2) is 0 Å². The van der Waals surface area contributed by atoms with E-state index in [2.05, 4.69) is 32.3 Å². The van der Waals surface area contributed by atoms with Crippen LogP contribution in [0.2, 0.25) is 0 Å². The average Bonchev–Trinajstić information content (AvgIpc) is 3.20. The molecule has 3 rings (SSSR count). The van der Waals surface area contributed by atoms with Crippen LogP contribution in [0.3, 0.4) is 0 Å². The smallest absolute Gasteiger partial charge is 0.338 e. The summed E-state index contributed by atoms with van der Waals surface area (Å²) >= 11 is 4.83. The van der Waals surface area contributed by atoms with Gasteiger partial charge < -0.3 is 10.1 Å². The number of carbonyl (C=O) groups is 1. The van der Waals surface area contributed by atoms with Gasteiger partial charge in [0.2, 0.25) is 0 Å². The molecule has 1 aromatic heterocycles. The molecule has 0 amide bonds. The number of nitriles is 1. The fourth-order valence-corrected chi connectivity index (χ4v) is 3.42. The highest BCUT2D eigenvalue weighted by atomic mass is 79.9. The van der Waals surface area contributed by atoms with Crippen molar-refractivity contribution in [1.29, 1.82) is 5.26 Å². The summed E-state index contributed by atoms with van der Waals surface area (Å²) in [4.78, 5) is 16.2. The summed E-state index contributed by atoms with van der Waals surface area (Å²) in [5.41, 5.74) is 3.49. The number of allylic oxidation sites excluding steroid dienone is 1. The maximum Gasteiger partial charge on any atom is 0.338 e. The van der Waals surface area contributed by atoms with Crippen LogP contribution in [0.25, 0.3) is 16.8 Å². The first-order valence-corrected chi connectivity index (χ1v) is 10.1. The predicted octanol–water partition coefficient (Wildman–Crippen LogP) is 5.73. The summed E-state index contributed by atoms with van der Waals surface area (Å²) in [5, 5.41) is 15.1. The van der Waals surface area contributed by atoms with Gasteiger partial charge in [-0.25, -0.2) is 9.78 Å². The van der Waals surface area contributed by atoms with Crippen molar-refractivity contribution in [2.45, 2.75) is 6.92 Å². The van der Waals surface area contributed by atoms with E-state index in [1.54, 1.807) is 37.4 Å². The van der Waals surface area contributed by atoms with Gasteiger partial charge >= 0.3 is 5.97 Å². The van der Waals surface area contributed by atoms with Crippen LogP contribution < -0.4 is 5.32 Å². The van der Waals surface area contributed by atoms with Crippen LogP contribution in [0.5, 0.6) is 0 Å². The van der Waals surface area contributed by atoms with E-state index in [0.29, 0.717) is 22.8 Å². The lowest BCUT2D eigenvalue weighted by molar-refractivity contribution is 0.0526. The third-order valence-corrected chi connectivity index (χ3v) is 5.18. The minimum absolute atomic E-state index is 0.336. The van der Waals surface area contributed by atoms with Crippen molar-refractivity contribution in [3.05, 3.63) is 75.2 Å². The molecule has 1 heterocycles. The number of halogens is 1. The predicted molar refractivity (Wildman–Crippen MR) is 115 cm³/mol. The lowest BCUT2D eigenvalue weighted by Gasteiger charge is -2.04. The molecule has 0 bridgehead atoms. The molecule has 3 aromatic rings. The monoisotopic (exact) mass is 453 g/mol. The van der Waals surface area contributed by atoms with Crippen LogP contribution in [0.1, 0.15) is 22.3 Å². The van der Waals surface area contributed by atoms with E-state index < -0.39 is 0 Å². The third kappa shape index (κ3) is 4.85. The Morgan fingerprint density at radius 1 is 1.25 bits per heavy atom. The van der Waals surface area contributed by atoms with Crippen LogP contribution >= 0.6 is 27.3 Å². The molecule has 0 saturated heterocycles. The number of hydrogen-bond acceptors (Lipinski definition) is 6. The number of rotatable bonds is 6. The fourth-order valence-electron chi connectivity index (χ4n) is 2.36. The fraction of sp³-hybridized carbons (Fsp3) is 0.0952. The molecule has 0 unspecified atom stereocenters. The molecule has 0 aliphatic rings. The quantitative estimate of drug-likeness (QED) is 0.381. The number of hydrogen-bond donors (Lipinski definition) is 1. The Labute approximate surface area is 175 Å². The topological polar surface area (TPSA) is 75.0 Å². The van der Waals surface area contributed by atoms with E-state index in [4.69, 9.17) is 4.74 Å². The summed E-state index contributed by atoms with van der Waals surface area (Å²) in [6, 6.07) is 16.9. The molecule has 0 radical (unpaired) electrons. The van der Waals surface area contributed by atoms with E-state index in [0.717, 1.165) is 21.4 Å². The van der Waals surface area contributed by atoms with Crippen LogP contribution in [0.4, 0.5) is 5.69 Å². The summed E-state index contributed by atoms with van der Waals surface area (Å²) < 4.78 is 5.96. The summed E-state index contributed by atoms with van der Waals surface area (Å²) in [6.45, 7) is 2.10. The SMILES string of the molecule is CCOC(=O)c1ccc(N/C=C(/C#N)c2nc(-c3ccc(Br)cc3)cs2)cc1. The van der Waals surface area contributed by atoms with Gasteiger partial charge in [-0.3, -0.25) is 0 Å². The molecular formula is C21H16BrN3O2S. The number of ether oxygens (including phenoxy) is 1. The number of carbonyl (C=O) groups excluding carboxylic acids is 1. The van der Waals surface area contributed by atoms with Crippen molar-refractivity contribution in [2.24, 2.45) is 0 Å². The van der Waals surface area contributed by atoms with Gasteiger partial charge in [-0.1, -0.05) is 28.1 Å². The van der Waals surface area contributed by atoms with Gasteiger partial charge in [-0.15, -0.1) is 11.3 Å². The number of nitrogens with one attached hydrogen (secondary N) is 1. The maximum absolute atomic E-state index is 11.7. The van der Waals surface area contributed by atoms with Gasteiger partial charge in [0.05, 0.1) is 17.9 Å². The first kappa shape index (κ1) is 19.8. The van der Waals surface area contributed by atoms with Crippen molar-refractivity contribution in [2.75, 3.05) is 11.9 Å². The molecule has 0 spiro atoms. The Morgan fingerprint density at radius 3 is 2.61 bits per heavy atom. The summed E-state index contributed by atoms with van der Waals surface area (Å²) in [6.07, 6.45) is 1.61. The Morgan fingerprint density at radius 2 is 1.96 bits per heavy atom. The summed E-state index contributed by atoms with van der Waals surface area (Å²) in [5.74, 6) is -0.356. The molecule has 0 aliphatic carbocycles. The Bertz CT molecular complexity index is 1030. The number of thiazole rings is 1. The van der Waals surface area contributed by atoms with Crippen LogP contribution in [-0.2, 0) is 4.74 Å². The normalized spacial score (nSPS) is 11.0. The molecular weight excluding hydrogens is 438 g/mol. The number of aromatic nitrogens is 1. The Balaban J connectivity index is 1.73. The Hall–Kier alpha value is -2.95. The van der Waals surface area contributed by atoms with Gasteiger partial charge in [-0.2, -0.15) is 5.26 Å². The molecule has 7 heteroatoms. The first-order chi connectivity index (χ1) is 13.6. The van der Waals surface area contributed by atoms with E-state index in [9.17, 15) is 10.1 Å². The Kier molecular flexibility index (Phi) is 6.58. The van der Waals surface area contributed by atoms with Gasteiger partial charge in [0.1, 0.15) is 16.6 Å². The van der Waals surface area contributed by atoms with Crippen molar-refractivity contribution in [1.82, 2.24) is 4.98 Å². The number of anilines is 1. The third-order valence-electron chi connectivity index (χ3n) is 3.77. The van der Waals surface area contributed by atoms with Gasteiger partial charge in [0, 0.05) is 27.3 Å². The molecule has 0 aliphatic heterocycles. The van der Waals surface area contributed by atoms with Crippen molar-refractivity contribution in [3.8, 4) is 17.3 Å². The van der Waals surface area contributed by atoms with Crippen LogP contribution in [0.15, 0.2) is 64.6 Å². The average molecular weight is 454 g/mol. The zero-order valence-corrected chi connectivity index (χ0v) is 17.4. The van der Waals surface area contributed by atoms with E-state index >= 15 is 0 Å². The number of esters is 1.